The smallest absolute Gasteiger partial charge is 0.306 e. The van der Waals surface area contributed by atoms with E-state index in [1.165, 1.54) is 89.9 Å². The number of hydrogen-bond acceptors (Lipinski definition) is 4. The van der Waals surface area contributed by atoms with Crippen molar-refractivity contribution in [3.63, 3.8) is 0 Å². The van der Waals surface area contributed by atoms with Gasteiger partial charge in [0.2, 0.25) is 0 Å². The minimum absolute atomic E-state index is 0.0189. The summed E-state index contributed by atoms with van der Waals surface area (Å²) in [6, 6.07) is 0. The van der Waals surface area contributed by atoms with E-state index < -0.39 is 0 Å². The van der Waals surface area contributed by atoms with E-state index in [0.29, 0.717) is 17.3 Å². The topological polar surface area (TPSA) is 55.8 Å². The van der Waals surface area contributed by atoms with Crippen molar-refractivity contribution in [2.75, 3.05) is 0 Å². The molecule has 1 N–H and O–H groups in total. The highest BCUT2D eigenvalue weighted by atomic mass is 17.1. The lowest BCUT2D eigenvalue weighted by atomic mass is 9.47. The van der Waals surface area contributed by atoms with Crippen LogP contribution < -0.4 is 0 Å². The van der Waals surface area contributed by atoms with Crippen LogP contribution in [-0.4, -0.2) is 23.4 Å². The van der Waals surface area contributed by atoms with E-state index in [2.05, 4.69) is 64.7 Å². The molecule has 4 rings (SSSR count). The summed E-state index contributed by atoms with van der Waals surface area (Å²) in [5, 5.41) is 9.04. The van der Waals surface area contributed by atoms with Crippen LogP contribution in [0.1, 0.15) is 183 Å². The molecule has 0 aromatic heterocycles. The molecule has 49 heavy (non-hydrogen) atoms. The molecule has 0 spiro atoms. The van der Waals surface area contributed by atoms with Gasteiger partial charge in [-0.1, -0.05) is 135 Å². The number of esters is 1. The van der Waals surface area contributed by atoms with Crippen LogP contribution in [0, 0.1) is 46.3 Å². The zero-order valence-electron chi connectivity index (χ0n) is 32.7. The lowest BCUT2D eigenvalue weighted by molar-refractivity contribution is -0.267. The van der Waals surface area contributed by atoms with Gasteiger partial charge in [0.05, 0.1) is 0 Å². The number of unbranched alkanes of at least 4 members (excludes halogenated alkanes) is 7. The van der Waals surface area contributed by atoms with Crippen LogP contribution in [0.25, 0.3) is 0 Å². The van der Waals surface area contributed by atoms with E-state index in [1.54, 1.807) is 5.57 Å². The molecule has 0 saturated heterocycles. The zero-order valence-corrected chi connectivity index (χ0v) is 32.7. The van der Waals surface area contributed by atoms with E-state index in [0.717, 1.165) is 80.5 Å². The van der Waals surface area contributed by atoms with Crippen LogP contribution in [0.2, 0.25) is 0 Å². The van der Waals surface area contributed by atoms with Gasteiger partial charge in [-0.15, -0.1) is 0 Å². The summed E-state index contributed by atoms with van der Waals surface area (Å²) in [7, 11) is 0. The second-order valence-corrected chi connectivity index (χ2v) is 17.9. The normalized spacial score (nSPS) is 32.6. The molecule has 4 aliphatic carbocycles. The second-order valence-electron chi connectivity index (χ2n) is 17.9. The maximum absolute atomic E-state index is 12.8. The molecule has 0 radical (unpaired) electrons. The highest BCUT2D eigenvalue weighted by Crippen LogP contribution is 2.67. The lowest BCUT2D eigenvalue weighted by Crippen LogP contribution is -2.51. The summed E-state index contributed by atoms with van der Waals surface area (Å²) < 4.78 is 6.11. The fourth-order valence-electron chi connectivity index (χ4n) is 11.2. The Morgan fingerprint density at radius 3 is 2.47 bits per heavy atom. The molecule has 3 saturated carbocycles. The van der Waals surface area contributed by atoms with Gasteiger partial charge < -0.3 is 4.74 Å². The van der Waals surface area contributed by atoms with Gasteiger partial charge in [0.1, 0.15) is 12.2 Å². The van der Waals surface area contributed by atoms with Crippen LogP contribution in [0.15, 0.2) is 36.0 Å². The average molecular weight is 681 g/mol. The molecule has 3 fully saturated rings. The number of hydrogen-bond donors (Lipinski definition) is 1. The van der Waals surface area contributed by atoms with Crippen molar-refractivity contribution in [2.24, 2.45) is 46.3 Å². The molecular weight excluding hydrogens is 604 g/mol. The van der Waals surface area contributed by atoms with Gasteiger partial charge >= 0.3 is 5.97 Å². The molecular formula is C45H76O4. The second kappa shape index (κ2) is 20.0. The Morgan fingerprint density at radius 2 is 1.69 bits per heavy atom. The molecule has 4 aliphatic rings. The van der Waals surface area contributed by atoms with Crippen LogP contribution in [0.3, 0.4) is 0 Å². The Labute approximate surface area is 302 Å². The molecule has 4 nitrogen and oxygen atoms in total. The molecule has 0 aromatic rings. The third kappa shape index (κ3) is 11.1. The van der Waals surface area contributed by atoms with Crippen LogP contribution in [-0.2, 0) is 14.4 Å². The summed E-state index contributed by atoms with van der Waals surface area (Å²) >= 11 is 0. The lowest BCUT2D eigenvalue weighted by Gasteiger charge is -2.58. The number of allylic oxidation sites excluding steroid dienone is 4. The Balaban J connectivity index is 1.12. The van der Waals surface area contributed by atoms with Crippen molar-refractivity contribution in [2.45, 2.75) is 195 Å². The number of rotatable bonds is 21. The minimum atomic E-state index is -0.204. The molecule has 280 valence electrons. The van der Waals surface area contributed by atoms with Crippen molar-refractivity contribution in [3.8, 4) is 0 Å². The van der Waals surface area contributed by atoms with E-state index in [-0.39, 0.29) is 18.2 Å². The summed E-state index contributed by atoms with van der Waals surface area (Å²) in [5.74, 6) is 5.19. The molecule has 0 aromatic carbocycles. The molecule has 0 bridgehead atoms. The van der Waals surface area contributed by atoms with Gasteiger partial charge in [-0.25, -0.2) is 4.89 Å². The van der Waals surface area contributed by atoms with E-state index in [4.69, 9.17) is 9.99 Å². The fraction of sp³-hybridized carbons (Fsp3) is 0.844. The van der Waals surface area contributed by atoms with Gasteiger partial charge in [0.25, 0.3) is 0 Å². The third-order valence-corrected chi connectivity index (χ3v) is 14.1. The molecule has 0 amide bonds. The van der Waals surface area contributed by atoms with Gasteiger partial charge in [-0.05, 0) is 117 Å². The average Bonchev–Trinajstić information content (AvgIpc) is 3.43. The van der Waals surface area contributed by atoms with Crippen LogP contribution >= 0.6 is 0 Å². The number of ether oxygens (including phenoxy) is 1. The summed E-state index contributed by atoms with van der Waals surface area (Å²) in [4.78, 5) is 17.4. The van der Waals surface area contributed by atoms with Gasteiger partial charge in [-0.2, -0.15) is 0 Å². The molecule has 0 aliphatic heterocycles. The Morgan fingerprint density at radius 1 is 0.898 bits per heavy atom. The summed E-state index contributed by atoms with van der Waals surface area (Å²) in [5.41, 5.74) is 2.47. The van der Waals surface area contributed by atoms with Crippen molar-refractivity contribution in [3.05, 3.63) is 36.0 Å². The van der Waals surface area contributed by atoms with Crippen LogP contribution in [0.4, 0.5) is 0 Å². The van der Waals surface area contributed by atoms with E-state index >= 15 is 0 Å². The van der Waals surface area contributed by atoms with E-state index in [1.807, 2.05) is 12.2 Å². The predicted molar refractivity (Wildman–Crippen MR) is 205 cm³/mol. The van der Waals surface area contributed by atoms with Gasteiger partial charge in [0.15, 0.2) is 0 Å². The summed E-state index contributed by atoms with van der Waals surface area (Å²) in [6.45, 7) is 14.8. The first-order valence-electron chi connectivity index (χ1n) is 21.1. The maximum atomic E-state index is 12.8. The maximum Gasteiger partial charge on any atom is 0.306 e. The Hall–Kier alpha value is -1.39. The first-order chi connectivity index (χ1) is 23.6. The Bertz CT molecular complexity index is 1070. The highest BCUT2D eigenvalue weighted by molar-refractivity contribution is 5.69. The Kier molecular flexibility index (Phi) is 16.5. The van der Waals surface area contributed by atoms with Gasteiger partial charge in [-0.3, -0.25) is 10.1 Å². The largest absolute Gasteiger partial charge is 0.462 e. The highest BCUT2D eigenvalue weighted by Gasteiger charge is 2.59. The first kappa shape index (κ1) is 40.4. The molecule has 0 heterocycles. The number of carbonyl (C=O) groups excluding carboxylic acids is 1. The zero-order chi connectivity index (χ0) is 35.3. The van der Waals surface area contributed by atoms with Crippen molar-refractivity contribution >= 4 is 5.97 Å². The third-order valence-electron chi connectivity index (χ3n) is 14.1. The molecule has 0 unspecified atom stereocenters. The minimum Gasteiger partial charge on any atom is -0.462 e. The standard InChI is InChI=1S/C45H76O4/c1-7-8-16-22-37(49-47)23-17-14-12-10-9-11-13-15-18-24-43(46)48-38-29-31-44(5)36(33-38)25-26-39-41-28-27-40(35(4)21-19-20-34(2)3)45(41,6)32-30-42(39)44/h12,14,17,23,25,34-35,37-42,47H,7-11,13,15-16,18-22,24,26-33H2,1-6H3/b14-12-,23-17+/t35-,37+,38-,39-,40-,41-,42-,44-,45+/m0/s1. The molecule has 9 atom stereocenters. The SMILES string of the molecule is CCCCC[C@H](/C=C/C=C\CCCCCCCC(=O)O[C@H]1CC[C@@]2(C)C(=CC[C@H]3[C@@H]4CC[C@@H]([C@@H](C)CCCC(C)C)[C@@]4(C)CC[C@@H]32)C1)OO. The number of carbonyl (C=O) groups is 1. The van der Waals surface area contributed by atoms with Crippen molar-refractivity contribution in [1.29, 1.82) is 0 Å². The van der Waals surface area contributed by atoms with Crippen molar-refractivity contribution in [1.82, 2.24) is 0 Å². The van der Waals surface area contributed by atoms with Crippen LogP contribution in [0.5, 0.6) is 0 Å². The monoisotopic (exact) mass is 681 g/mol. The van der Waals surface area contributed by atoms with Crippen molar-refractivity contribution < 1.29 is 19.7 Å². The van der Waals surface area contributed by atoms with Gasteiger partial charge in [0, 0.05) is 12.8 Å². The summed E-state index contributed by atoms with van der Waals surface area (Å²) in [6.07, 6.45) is 36.5. The predicted octanol–water partition coefficient (Wildman–Crippen LogP) is 13.2. The quantitative estimate of drug-likeness (QED) is 0.0327. The number of fused-ring (bicyclic) bond motifs is 5. The first-order valence-corrected chi connectivity index (χ1v) is 21.1. The van der Waals surface area contributed by atoms with E-state index in [9.17, 15) is 4.79 Å². The fourth-order valence-corrected chi connectivity index (χ4v) is 11.2. The molecule has 4 heteroatoms.